The number of para-hydroxylation sites is 1. The molecule has 2 aliphatic heterocycles. The van der Waals surface area contributed by atoms with Crippen LogP contribution >= 0.6 is 0 Å². The highest BCUT2D eigenvalue weighted by atomic mass is 16.5. The van der Waals surface area contributed by atoms with Crippen molar-refractivity contribution in [1.82, 2.24) is 4.90 Å². The van der Waals surface area contributed by atoms with Crippen LogP contribution in [0.15, 0.2) is 18.2 Å². The summed E-state index contributed by atoms with van der Waals surface area (Å²) in [6.07, 6.45) is -0.267. The lowest BCUT2D eigenvalue weighted by Gasteiger charge is -2.27. The van der Waals surface area contributed by atoms with Crippen LogP contribution in [0.2, 0.25) is 0 Å². The summed E-state index contributed by atoms with van der Waals surface area (Å²) in [4.78, 5) is 37.3. The molecule has 1 aromatic carbocycles. The Morgan fingerprint density at radius 2 is 2.17 bits per heavy atom. The largest absolute Gasteiger partial charge is 0.481 e. The van der Waals surface area contributed by atoms with Gasteiger partial charge < -0.3 is 20.1 Å². The molecule has 7 heteroatoms. The first-order valence-electron chi connectivity index (χ1n) is 7.45. The third-order valence-electron chi connectivity index (χ3n) is 4.44. The number of carboxylic acids is 1. The second kappa shape index (κ2) is 5.26. The molecule has 1 aromatic rings. The second-order valence-electron chi connectivity index (χ2n) is 6.27. The Bertz CT molecular complexity index is 702. The van der Waals surface area contributed by atoms with Crippen molar-refractivity contribution in [2.24, 2.45) is 5.41 Å². The van der Waals surface area contributed by atoms with E-state index in [9.17, 15) is 19.5 Å². The summed E-state index contributed by atoms with van der Waals surface area (Å²) in [5, 5.41) is 12.0. The van der Waals surface area contributed by atoms with Crippen LogP contribution in [0.25, 0.3) is 0 Å². The maximum atomic E-state index is 12.8. The number of carbonyl (C=O) groups is 3. The third kappa shape index (κ3) is 2.52. The summed E-state index contributed by atoms with van der Waals surface area (Å²) in [6, 6.07) is 4.96. The fraction of sp³-hybridized carbons (Fsp3) is 0.438. The summed E-state index contributed by atoms with van der Waals surface area (Å²) >= 11 is 0. The number of hydrogen-bond acceptors (Lipinski definition) is 4. The molecule has 0 aliphatic carbocycles. The topological polar surface area (TPSA) is 95.9 Å². The number of hydrogen-bond donors (Lipinski definition) is 2. The summed E-state index contributed by atoms with van der Waals surface area (Å²) in [7, 11) is 0. The van der Waals surface area contributed by atoms with Crippen molar-refractivity contribution in [3.05, 3.63) is 23.8 Å². The fourth-order valence-electron chi connectivity index (χ4n) is 2.87. The highest BCUT2D eigenvalue weighted by Gasteiger charge is 2.43. The third-order valence-corrected chi connectivity index (χ3v) is 4.44. The Morgan fingerprint density at radius 1 is 1.43 bits per heavy atom. The number of likely N-dealkylation sites (tertiary alicyclic amines) is 1. The highest BCUT2D eigenvalue weighted by molar-refractivity contribution is 6.04. The van der Waals surface area contributed by atoms with E-state index in [1.807, 2.05) is 0 Å². The molecule has 1 fully saturated rings. The molecular weight excluding hydrogens is 300 g/mol. The number of ether oxygens (including phenoxy) is 1. The van der Waals surface area contributed by atoms with Crippen LogP contribution < -0.4 is 10.1 Å². The van der Waals surface area contributed by atoms with Gasteiger partial charge in [-0.3, -0.25) is 14.4 Å². The number of rotatable bonds is 2. The van der Waals surface area contributed by atoms with Gasteiger partial charge in [0, 0.05) is 13.1 Å². The molecule has 0 radical (unpaired) electrons. The van der Waals surface area contributed by atoms with E-state index in [1.165, 1.54) is 4.90 Å². The van der Waals surface area contributed by atoms with E-state index in [-0.39, 0.29) is 18.4 Å². The molecule has 0 aromatic heterocycles. The zero-order chi connectivity index (χ0) is 16.8. The van der Waals surface area contributed by atoms with Gasteiger partial charge in [-0.2, -0.15) is 0 Å². The summed E-state index contributed by atoms with van der Waals surface area (Å²) < 4.78 is 5.58. The predicted octanol–water partition coefficient (Wildman–Crippen LogP) is 1.34. The van der Waals surface area contributed by atoms with Gasteiger partial charge in [-0.05, 0) is 32.4 Å². The molecule has 2 unspecified atom stereocenters. The molecule has 1 saturated heterocycles. The molecule has 0 saturated carbocycles. The Hall–Kier alpha value is -2.57. The van der Waals surface area contributed by atoms with Gasteiger partial charge in [0.05, 0.1) is 16.7 Å². The first-order chi connectivity index (χ1) is 10.8. The number of carbonyl (C=O) groups excluding carboxylic acids is 2. The number of aliphatic carboxylic acids is 1. The van der Waals surface area contributed by atoms with E-state index in [2.05, 4.69) is 5.32 Å². The van der Waals surface area contributed by atoms with Crippen LogP contribution in [0, 0.1) is 5.41 Å². The number of benzene rings is 1. The minimum absolute atomic E-state index is 0.159. The Morgan fingerprint density at radius 3 is 2.83 bits per heavy atom. The van der Waals surface area contributed by atoms with Crippen LogP contribution in [0.4, 0.5) is 5.69 Å². The van der Waals surface area contributed by atoms with Gasteiger partial charge in [0.2, 0.25) is 0 Å². The maximum Gasteiger partial charge on any atom is 0.311 e. The van der Waals surface area contributed by atoms with Crippen LogP contribution in [0.5, 0.6) is 5.75 Å². The molecule has 7 nitrogen and oxygen atoms in total. The number of fused-ring (bicyclic) bond motifs is 1. The Labute approximate surface area is 133 Å². The van der Waals surface area contributed by atoms with Gasteiger partial charge in [-0.15, -0.1) is 0 Å². The van der Waals surface area contributed by atoms with E-state index in [1.54, 1.807) is 32.0 Å². The number of anilines is 1. The lowest BCUT2D eigenvalue weighted by atomic mass is 9.90. The van der Waals surface area contributed by atoms with Crippen LogP contribution in [-0.2, 0) is 9.59 Å². The van der Waals surface area contributed by atoms with Crippen LogP contribution in [-0.4, -0.2) is 47.0 Å². The fourth-order valence-corrected chi connectivity index (χ4v) is 2.87. The monoisotopic (exact) mass is 318 g/mol. The van der Waals surface area contributed by atoms with Gasteiger partial charge >= 0.3 is 5.97 Å². The normalized spacial score (nSPS) is 26.3. The first kappa shape index (κ1) is 15.3. The summed E-state index contributed by atoms with van der Waals surface area (Å²) in [5.74, 6) is -1.11. The first-order valence-corrected chi connectivity index (χ1v) is 7.45. The maximum absolute atomic E-state index is 12.8. The molecule has 0 bridgehead atoms. The van der Waals surface area contributed by atoms with Gasteiger partial charge in [-0.1, -0.05) is 6.07 Å². The van der Waals surface area contributed by atoms with Crippen molar-refractivity contribution in [2.75, 3.05) is 18.4 Å². The quantitative estimate of drug-likeness (QED) is 0.858. The van der Waals surface area contributed by atoms with Crippen molar-refractivity contribution >= 4 is 23.5 Å². The molecule has 0 spiro atoms. The van der Waals surface area contributed by atoms with Crippen LogP contribution in [0.3, 0.4) is 0 Å². The molecule has 2 N–H and O–H groups in total. The summed E-state index contributed by atoms with van der Waals surface area (Å²) in [5.41, 5.74) is -0.129. The van der Waals surface area contributed by atoms with Crippen LogP contribution in [0.1, 0.15) is 30.6 Å². The van der Waals surface area contributed by atoms with Crippen molar-refractivity contribution in [3.8, 4) is 5.75 Å². The lowest BCUT2D eigenvalue weighted by molar-refractivity contribution is -0.147. The number of nitrogens with zero attached hydrogens (tertiary/aromatic N) is 1. The Balaban J connectivity index is 1.89. The van der Waals surface area contributed by atoms with Crippen molar-refractivity contribution in [2.45, 2.75) is 26.4 Å². The lowest BCUT2D eigenvalue weighted by Crippen LogP contribution is -2.37. The molecule has 2 aliphatic rings. The van der Waals surface area contributed by atoms with Crippen molar-refractivity contribution in [3.63, 3.8) is 0 Å². The molecular formula is C16H18N2O5. The molecule has 2 atom stereocenters. The second-order valence-corrected chi connectivity index (χ2v) is 6.27. The molecule has 2 amide bonds. The molecule has 2 heterocycles. The van der Waals surface area contributed by atoms with E-state index >= 15 is 0 Å². The molecule has 23 heavy (non-hydrogen) atoms. The molecule has 122 valence electrons. The Kier molecular flexibility index (Phi) is 3.50. The number of nitrogens with one attached hydrogen (secondary N) is 1. The van der Waals surface area contributed by atoms with Gasteiger partial charge in [0.1, 0.15) is 0 Å². The van der Waals surface area contributed by atoms with E-state index in [4.69, 9.17) is 4.74 Å². The standard InChI is InChI=1S/C16H18N2O5/c1-9-13(19)17-11-5-3-4-10(12(11)23-9)14(20)18-7-6-16(2,8-18)15(21)22/h3-5,9H,6-8H2,1-2H3,(H,17,19)(H,21,22). The minimum Gasteiger partial charge on any atom is -0.481 e. The number of amides is 2. The van der Waals surface area contributed by atoms with E-state index < -0.39 is 17.5 Å². The zero-order valence-corrected chi connectivity index (χ0v) is 13.0. The van der Waals surface area contributed by atoms with E-state index in [0.717, 1.165) is 0 Å². The van der Waals surface area contributed by atoms with Crippen molar-refractivity contribution in [1.29, 1.82) is 0 Å². The van der Waals surface area contributed by atoms with Gasteiger partial charge in [-0.25, -0.2) is 0 Å². The van der Waals surface area contributed by atoms with E-state index in [0.29, 0.717) is 30.0 Å². The smallest absolute Gasteiger partial charge is 0.311 e. The van der Waals surface area contributed by atoms with Gasteiger partial charge in [0.15, 0.2) is 11.9 Å². The minimum atomic E-state index is -0.924. The predicted molar refractivity (Wildman–Crippen MR) is 81.4 cm³/mol. The average molecular weight is 318 g/mol. The van der Waals surface area contributed by atoms with Gasteiger partial charge in [0.25, 0.3) is 11.8 Å². The zero-order valence-electron chi connectivity index (χ0n) is 13.0. The average Bonchev–Trinajstić information content (AvgIpc) is 2.91. The van der Waals surface area contributed by atoms with Crippen molar-refractivity contribution < 1.29 is 24.2 Å². The summed E-state index contributed by atoms with van der Waals surface area (Å²) in [6.45, 7) is 3.79. The SMILES string of the molecule is CC1Oc2c(cccc2C(=O)N2CCC(C)(C(=O)O)C2)NC1=O. The number of carboxylic acid groups (broad SMARTS) is 1. The highest BCUT2D eigenvalue weighted by Crippen LogP contribution is 2.36. The molecule has 3 rings (SSSR count).